The summed E-state index contributed by atoms with van der Waals surface area (Å²) in [6, 6.07) is 0. The van der Waals surface area contributed by atoms with E-state index in [0.717, 1.165) is 0 Å². The number of hydrogen-bond donors (Lipinski definition) is 1. The van der Waals surface area contributed by atoms with Crippen molar-refractivity contribution in [2.24, 2.45) is 0 Å². The lowest BCUT2D eigenvalue weighted by molar-refractivity contribution is -0.113. The van der Waals surface area contributed by atoms with Gasteiger partial charge in [0.2, 0.25) is 0 Å². The quantitative estimate of drug-likeness (QED) is 0.354. The Labute approximate surface area is 66.3 Å². The van der Waals surface area contributed by atoms with E-state index in [4.69, 9.17) is 5.41 Å². The first-order valence-corrected chi connectivity index (χ1v) is 3.60. The van der Waals surface area contributed by atoms with Gasteiger partial charge in [-0.2, -0.15) is 0 Å². The van der Waals surface area contributed by atoms with Crippen LogP contribution in [-0.4, -0.2) is 17.8 Å². The van der Waals surface area contributed by atoms with Gasteiger partial charge in [0.15, 0.2) is 5.78 Å². The van der Waals surface area contributed by atoms with Gasteiger partial charge in [-0.3, -0.25) is 4.79 Å². The lowest BCUT2D eigenvalue weighted by Gasteiger charge is -1.96. The van der Waals surface area contributed by atoms with Gasteiger partial charge in [-0.15, -0.1) is 0 Å². The highest BCUT2D eigenvalue weighted by Crippen LogP contribution is 1.96. The monoisotopic (exact) mass is 154 g/mol. The predicted molar refractivity (Wildman–Crippen MR) is 42.6 cm³/mol. The fraction of sp³-hybridized carbons (Fsp3) is 0.500. The Balaban J connectivity index is 3.52. The first kappa shape index (κ1) is 10.0. The Morgan fingerprint density at radius 3 is 2.64 bits per heavy atom. The van der Waals surface area contributed by atoms with Crippen LogP contribution in [0.3, 0.4) is 0 Å². The maximum absolute atomic E-state index is 10.8. The second-order valence-electron chi connectivity index (χ2n) is 2.17. The van der Waals surface area contributed by atoms with Crippen LogP contribution in [0.5, 0.6) is 0 Å². The molecular formula is C8H12NO2. The fourth-order valence-corrected chi connectivity index (χ4v) is 0.649. The summed E-state index contributed by atoms with van der Waals surface area (Å²) in [5.41, 5.74) is 0.116. The minimum Gasteiger partial charge on any atom is -0.303 e. The van der Waals surface area contributed by atoms with E-state index in [0.29, 0.717) is 25.5 Å². The Morgan fingerprint density at radius 1 is 1.55 bits per heavy atom. The second kappa shape index (κ2) is 5.77. The highest BCUT2D eigenvalue weighted by atomic mass is 16.1. The van der Waals surface area contributed by atoms with E-state index in [9.17, 15) is 9.59 Å². The van der Waals surface area contributed by atoms with Crippen LogP contribution in [0.25, 0.3) is 0 Å². The molecule has 3 nitrogen and oxygen atoms in total. The van der Waals surface area contributed by atoms with Gasteiger partial charge in [-0.05, 0) is 12.8 Å². The van der Waals surface area contributed by atoms with Crippen molar-refractivity contribution in [3.8, 4) is 0 Å². The van der Waals surface area contributed by atoms with Gasteiger partial charge < -0.3 is 10.2 Å². The van der Waals surface area contributed by atoms with Gasteiger partial charge in [0, 0.05) is 12.8 Å². The third-order valence-electron chi connectivity index (χ3n) is 1.31. The molecule has 0 heterocycles. The molecule has 0 aliphatic carbocycles. The lowest BCUT2D eigenvalue weighted by Crippen LogP contribution is -2.10. The third-order valence-corrected chi connectivity index (χ3v) is 1.31. The topological polar surface area (TPSA) is 58.0 Å². The second-order valence-corrected chi connectivity index (χ2v) is 2.17. The average molecular weight is 154 g/mol. The molecule has 1 N–H and O–H groups in total. The summed E-state index contributed by atoms with van der Waals surface area (Å²) < 4.78 is 0. The first-order chi connectivity index (χ1) is 5.22. The molecule has 0 aromatic heterocycles. The number of nitrogens with one attached hydrogen (secondary N) is 1. The van der Waals surface area contributed by atoms with Crippen LogP contribution in [0.15, 0.2) is 0 Å². The maximum atomic E-state index is 10.8. The number of Topliss-reactive ketones (excluding diaryl/α,β-unsaturated/α-hetero) is 1. The Kier molecular flexibility index (Phi) is 5.25. The molecule has 0 spiro atoms. The highest BCUT2D eigenvalue weighted by Gasteiger charge is 2.04. The van der Waals surface area contributed by atoms with E-state index in [-0.39, 0.29) is 11.5 Å². The number of unbranched alkanes of at least 4 members (excludes halogenated alkanes) is 1. The molecule has 0 bridgehead atoms. The van der Waals surface area contributed by atoms with Crippen LogP contribution in [0.2, 0.25) is 0 Å². The molecule has 11 heavy (non-hydrogen) atoms. The molecule has 0 saturated heterocycles. The molecular weight excluding hydrogens is 142 g/mol. The average Bonchev–Trinajstić information content (AvgIpc) is 2.03. The minimum absolute atomic E-state index is 0.116. The number of rotatable bonds is 6. The molecule has 0 fully saturated rings. The molecule has 0 aliphatic rings. The van der Waals surface area contributed by atoms with Gasteiger partial charge >= 0.3 is 0 Å². The predicted octanol–water partition coefficient (Wildman–Crippen LogP) is 1.17. The van der Waals surface area contributed by atoms with Crippen molar-refractivity contribution >= 4 is 17.8 Å². The Morgan fingerprint density at radius 2 is 2.18 bits per heavy atom. The van der Waals surface area contributed by atoms with Crippen LogP contribution in [0.1, 0.15) is 26.2 Å². The van der Waals surface area contributed by atoms with Crippen LogP contribution < -0.4 is 0 Å². The van der Waals surface area contributed by atoms with E-state index < -0.39 is 0 Å². The highest BCUT2D eigenvalue weighted by molar-refractivity contribution is 6.38. The summed E-state index contributed by atoms with van der Waals surface area (Å²) in [4.78, 5) is 20.6. The normalized spacial score (nSPS) is 9.18. The zero-order valence-corrected chi connectivity index (χ0v) is 6.59. The standard InChI is InChI=1S/C8H12NO2/c1-2-8(11)7(9)5-3-4-6-10/h4,6,9H,2-3,5H2,1H3. The van der Waals surface area contributed by atoms with Crippen LogP contribution in [0, 0.1) is 11.8 Å². The Bertz CT molecular complexity index is 163. The molecule has 61 valence electrons. The molecule has 0 aromatic rings. The molecule has 0 saturated carbocycles. The zero-order valence-electron chi connectivity index (χ0n) is 6.59. The number of carbonyl (C=O) groups excluding carboxylic acids is 2. The van der Waals surface area contributed by atoms with Crippen molar-refractivity contribution in [3.05, 3.63) is 6.42 Å². The van der Waals surface area contributed by atoms with Crippen molar-refractivity contribution in [2.45, 2.75) is 26.2 Å². The number of ketones is 1. The van der Waals surface area contributed by atoms with Gasteiger partial charge in [0.1, 0.15) is 6.29 Å². The van der Waals surface area contributed by atoms with Gasteiger partial charge in [0.05, 0.1) is 5.71 Å². The molecule has 0 rings (SSSR count). The molecule has 0 aromatic carbocycles. The molecule has 0 amide bonds. The van der Waals surface area contributed by atoms with E-state index in [2.05, 4.69) is 0 Å². The lowest BCUT2D eigenvalue weighted by atomic mass is 10.1. The van der Waals surface area contributed by atoms with Gasteiger partial charge in [-0.1, -0.05) is 6.92 Å². The molecule has 0 aliphatic heterocycles. The maximum Gasteiger partial charge on any atom is 0.176 e. The van der Waals surface area contributed by atoms with Crippen molar-refractivity contribution < 1.29 is 9.59 Å². The van der Waals surface area contributed by atoms with Crippen LogP contribution in [-0.2, 0) is 9.59 Å². The molecule has 0 unspecified atom stereocenters. The van der Waals surface area contributed by atoms with E-state index in [1.807, 2.05) is 0 Å². The van der Waals surface area contributed by atoms with Crippen molar-refractivity contribution in [1.82, 2.24) is 0 Å². The number of aldehydes is 1. The van der Waals surface area contributed by atoms with Gasteiger partial charge in [-0.25, -0.2) is 0 Å². The fourth-order valence-electron chi connectivity index (χ4n) is 0.649. The van der Waals surface area contributed by atoms with Crippen molar-refractivity contribution in [1.29, 1.82) is 5.41 Å². The number of hydrogen-bond acceptors (Lipinski definition) is 3. The third kappa shape index (κ3) is 4.42. The smallest absolute Gasteiger partial charge is 0.176 e. The summed E-state index contributed by atoms with van der Waals surface area (Å²) in [5.74, 6) is -0.135. The summed E-state index contributed by atoms with van der Waals surface area (Å²) in [7, 11) is 0. The van der Waals surface area contributed by atoms with E-state index >= 15 is 0 Å². The number of carbonyl (C=O) groups is 2. The van der Waals surface area contributed by atoms with E-state index in [1.165, 1.54) is 6.42 Å². The van der Waals surface area contributed by atoms with Crippen molar-refractivity contribution in [3.63, 3.8) is 0 Å². The minimum atomic E-state index is -0.135. The summed E-state index contributed by atoms with van der Waals surface area (Å²) >= 11 is 0. The van der Waals surface area contributed by atoms with Crippen molar-refractivity contribution in [2.75, 3.05) is 0 Å². The van der Waals surface area contributed by atoms with Crippen LogP contribution >= 0.6 is 0 Å². The largest absolute Gasteiger partial charge is 0.303 e. The SMILES string of the molecule is CCC(=O)C(=N)CC[CH]C=O. The Hall–Kier alpha value is -0.990. The summed E-state index contributed by atoms with van der Waals surface area (Å²) in [6.07, 6.45) is 3.35. The van der Waals surface area contributed by atoms with Gasteiger partial charge in [0.25, 0.3) is 0 Å². The molecule has 1 radical (unpaired) electrons. The zero-order chi connectivity index (χ0) is 8.69. The summed E-state index contributed by atoms with van der Waals surface area (Å²) in [6.45, 7) is 1.72. The molecule has 0 atom stereocenters. The summed E-state index contributed by atoms with van der Waals surface area (Å²) in [5, 5.41) is 7.19. The van der Waals surface area contributed by atoms with E-state index in [1.54, 1.807) is 6.92 Å². The molecule has 3 heteroatoms. The first-order valence-electron chi connectivity index (χ1n) is 3.60. The van der Waals surface area contributed by atoms with Crippen LogP contribution in [0.4, 0.5) is 0 Å².